The van der Waals surface area contributed by atoms with Crippen LogP contribution in [0.15, 0.2) is 125 Å². The summed E-state index contributed by atoms with van der Waals surface area (Å²) in [5, 5.41) is 2.89. The van der Waals surface area contributed by atoms with E-state index >= 15 is 0 Å². The van der Waals surface area contributed by atoms with E-state index in [2.05, 4.69) is 5.32 Å². The average molecular weight is 573 g/mol. The van der Waals surface area contributed by atoms with Gasteiger partial charge < -0.3 is 9.88 Å². The molecule has 208 valence electrons. The number of hydrogen-bond donors (Lipinski definition) is 1. The molecule has 6 aromatic rings. The highest BCUT2D eigenvalue weighted by Gasteiger charge is 2.32. The third-order valence-corrected chi connectivity index (χ3v) is 8.86. The first-order valence-corrected chi connectivity index (χ1v) is 15.1. The standard InChI is InChI=1S/C34H28N4O3S/c1-24-16-19-27(20-17-24)42(40,41)32-31-33(36-29-15-9-8-14-28(29)35-31)38(23-22-26-12-6-3-7-13-26)34(32)37-30(39)21-18-25-10-4-2-5-11-25/h2-21H,22-23H2,1H3,(H,37,39). The molecule has 0 aliphatic carbocycles. The van der Waals surface area contributed by atoms with E-state index in [9.17, 15) is 13.2 Å². The molecule has 4 aromatic carbocycles. The molecule has 2 aromatic heterocycles. The van der Waals surface area contributed by atoms with Crippen LogP contribution in [0.3, 0.4) is 0 Å². The number of amides is 1. The van der Waals surface area contributed by atoms with Crippen molar-refractivity contribution in [3.63, 3.8) is 0 Å². The first-order valence-electron chi connectivity index (χ1n) is 13.6. The largest absolute Gasteiger partial charge is 0.309 e. The molecule has 0 aliphatic heterocycles. The number of nitrogens with one attached hydrogen (secondary N) is 1. The number of aryl methyl sites for hydroxylation is 3. The van der Waals surface area contributed by atoms with Crippen molar-refractivity contribution in [3.8, 4) is 0 Å². The van der Waals surface area contributed by atoms with E-state index in [1.165, 1.54) is 6.08 Å². The van der Waals surface area contributed by atoms with Gasteiger partial charge in [0.25, 0.3) is 0 Å². The summed E-state index contributed by atoms with van der Waals surface area (Å²) in [6.07, 6.45) is 3.67. The van der Waals surface area contributed by atoms with E-state index in [-0.39, 0.29) is 21.1 Å². The van der Waals surface area contributed by atoms with Gasteiger partial charge in [-0.05, 0) is 54.8 Å². The van der Waals surface area contributed by atoms with Crippen LogP contribution < -0.4 is 5.32 Å². The van der Waals surface area contributed by atoms with Crippen LogP contribution in [0.2, 0.25) is 0 Å². The second-order valence-corrected chi connectivity index (χ2v) is 11.9. The van der Waals surface area contributed by atoms with Gasteiger partial charge in [-0.2, -0.15) is 0 Å². The van der Waals surface area contributed by atoms with Gasteiger partial charge in [0.1, 0.15) is 16.2 Å². The molecule has 0 spiro atoms. The number of para-hydroxylation sites is 2. The van der Waals surface area contributed by atoms with Crippen LogP contribution in [0.25, 0.3) is 28.3 Å². The number of sulfone groups is 1. The van der Waals surface area contributed by atoms with Crippen LogP contribution >= 0.6 is 0 Å². The van der Waals surface area contributed by atoms with Crippen molar-refractivity contribution in [1.82, 2.24) is 14.5 Å². The predicted octanol–water partition coefficient (Wildman–Crippen LogP) is 6.62. The minimum Gasteiger partial charge on any atom is -0.309 e. The minimum absolute atomic E-state index is 0.0749. The fourth-order valence-electron chi connectivity index (χ4n) is 4.88. The van der Waals surface area contributed by atoms with E-state index in [1.807, 2.05) is 85.8 Å². The molecule has 0 atom stereocenters. The summed E-state index contributed by atoms with van der Waals surface area (Å²) in [5.74, 6) is -0.327. The van der Waals surface area contributed by atoms with Crippen LogP contribution in [0, 0.1) is 6.92 Å². The van der Waals surface area contributed by atoms with Crippen molar-refractivity contribution in [2.75, 3.05) is 5.32 Å². The molecule has 1 N–H and O–H groups in total. The summed E-state index contributed by atoms with van der Waals surface area (Å²) >= 11 is 0. The SMILES string of the molecule is Cc1ccc(S(=O)(=O)c2c(NC(=O)C=Cc3ccccc3)n(CCc3ccccc3)c3nc4ccccc4nc23)cc1. The maximum Gasteiger partial charge on any atom is 0.249 e. The lowest BCUT2D eigenvalue weighted by molar-refractivity contribution is -0.111. The first kappa shape index (κ1) is 27.1. The minimum atomic E-state index is -4.12. The molecule has 8 heteroatoms. The van der Waals surface area contributed by atoms with Crippen LogP contribution in [0.1, 0.15) is 16.7 Å². The fourth-order valence-corrected chi connectivity index (χ4v) is 6.42. The molecule has 0 bridgehead atoms. The number of carbonyl (C=O) groups is 1. The van der Waals surface area contributed by atoms with Gasteiger partial charge in [-0.1, -0.05) is 90.5 Å². The molecule has 0 fully saturated rings. The molecule has 0 aliphatic rings. The lowest BCUT2D eigenvalue weighted by Gasteiger charge is -2.13. The van der Waals surface area contributed by atoms with Crippen molar-refractivity contribution < 1.29 is 13.2 Å². The smallest absolute Gasteiger partial charge is 0.249 e. The number of rotatable bonds is 8. The van der Waals surface area contributed by atoms with Gasteiger partial charge in [-0.3, -0.25) is 4.79 Å². The van der Waals surface area contributed by atoms with Crippen molar-refractivity contribution in [2.45, 2.75) is 29.7 Å². The van der Waals surface area contributed by atoms with Crippen molar-refractivity contribution in [3.05, 3.63) is 132 Å². The maximum atomic E-state index is 14.3. The number of aromatic nitrogens is 3. The van der Waals surface area contributed by atoms with E-state index in [0.717, 1.165) is 16.7 Å². The molecular weight excluding hydrogens is 544 g/mol. The number of carbonyl (C=O) groups excluding carboxylic acids is 1. The normalized spacial score (nSPS) is 11.8. The molecule has 6 rings (SSSR count). The Hall–Kier alpha value is -5.08. The second-order valence-electron chi connectivity index (χ2n) is 10.00. The maximum absolute atomic E-state index is 14.3. The van der Waals surface area contributed by atoms with E-state index in [1.54, 1.807) is 41.0 Å². The topological polar surface area (TPSA) is 94.0 Å². The van der Waals surface area contributed by atoms with E-state index in [4.69, 9.17) is 9.97 Å². The number of anilines is 1. The van der Waals surface area contributed by atoms with Gasteiger partial charge in [0.05, 0.1) is 15.9 Å². The highest BCUT2D eigenvalue weighted by atomic mass is 32.2. The summed E-state index contributed by atoms with van der Waals surface area (Å²) in [7, 11) is -4.12. The zero-order chi connectivity index (χ0) is 29.1. The van der Waals surface area contributed by atoms with Crippen molar-refractivity contribution in [1.29, 1.82) is 0 Å². The van der Waals surface area contributed by atoms with Gasteiger partial charge in [0, 0.05) is 12.6 Å². The highest BCUT2D eigenvalue weighted by Crippen LogP contribution is 2.37. The molecular formula is C34H28N4O3S. The molecule has 0 radical (unpaired) electrons. The lowest BCUT2D eigenvalue weighted by Crippen LogP contribution is -2.16. The zero-order valence-electron chi connectivity index (χ0n) is 22.9. The number of benzene rings is 4. The Labute approximate surface area is 244 Å². The Morgan fingerprint density at radius 2 is 1.43 bits per heavy atom. The number of nitrogens with zero attached hydrogens (tertiary/aromatic N) is 3. The zero-order valence-corrected chi connectivity index (χ0v) is 23.8. The second kappa shape index (κ2) is 11.4. The average Bonchev–Trinajstić information content (AvgIpc) is 3.31. The summed E-state index contributed by atoms with van der Waals surface area (Å²) in [6.45, 7) is 2.27. The monoisotopic (exact) mass is 572 g/mol. The summed E-state index contributed by atoms with van der Waals surface area (Å²) < 4.78 is 30.4. The van der Waals surface area contributed by atoms with Gasteiger partial charge in [-0.25, -0.2) is 18.4 Å². The first-order chi connectivity index (χ1) is 20.4. The molecule has 1 amide bonds. The molecule has 0 unspecified atom stereocenters. The van der Waals surface area contributed by atoms with Crippen LogP contribution in [-0.2, 0) is 27.6 Å². The molecule has 2 heterocycles. The quantitative estimate of drug-likeness (QED) is 0.207. The fraction of sp³-hybridized carbons (Fsp3) is 0.0882. The number of hydrogen-bond acceptors (Lipinski definition) is 5. The van der Waals surface area contributed by atoms with Crippen LogP contribution in [0.5, 0.6) is 0 Å². The third-order valence-electron chi connectivity index (χ3n) is 7.04. The van der Waals surface area contributed by atoms with Gasteiger partial charge in [0.2, 0.25) is 15.7 Å². The van der Waals surface area contributed by atoms with Gasteiger partial charge >= 0.3 is 0 Å². The molecule has 7 nitrogen and oxygen atoms in total. The Morgan fingerprint density at radius 1 is 0.810 bits per heavy atom. The summed E-state index contributed by atoms with van der Waals surface area (Å²) in [5.41, 5.74) is 4.64. The lowest BCUT2D eigenvalue weighted by atomic mass is 10.1. The predicted molar refractivity (Wildman–Crippen MR) is 166 cm³/mol. The molecule has 0 saturated heterocycles. The van der Waals surface area contributed by atoms with Crippen LogP contribution in [0.4, 0.5) is 5.82 Å². The summed E-state index contributed by atoms with van der Waals surface area (Å²) in [6, 6.07) is 33.3. The Bertz CT molecular complexity index is 2030. The molecule has 42 heavy (non-hydrogen) atoms. The van der Waals surface area contributed by atoms with Crippen LogP contribution in [-0.4, -0.2) is 28.9 Å². The Morgan fingerprint density at radius 3 is 2.12 bits per heavy atom. The van der Waals surface area contributed by atoms with Crippen molar-refractivity contribution >= 4 is 49.8 Å². The Balaban J connectivity index is 1.56. The highest BCUT2D eigenvalue weighted by molar-refractivity contribution is 7.92. The van der Waals surface area contributed by atoms with Gasteiger partial charge in [0.15, 0.2) is 5.65 Å². The van der Waals surface area contributed by atoms with Crippen molar-refractivity contribution in [2.24, 2.45) is 0 Å². The summed E-state index contributed by atoms with van der Waals surface area (Å²) in [4.78, 5) is 23.0. The van der Waals surface area contributed by atoms with Gasteiger partial charge in [-0.15, -0.1) is 0 Å². The van der Waals surface area contributed by atoms with E-state index < -0.39 is 15.7 Å². The Kier molecular flexibility index (Phi) is 7.37. The molecule has 0 saturated carbocycles. The van der Waals surface area contributed by atoms with E-state index in [0.29, 0.717) is 29.6 Å². The number of fused-ring (bicyclic) bond motifs is 2. The third kappa shape index (κ3) is 5.44.